The van der Waals surface area contributed by atoms with E-state index in [2.05, 4.69) is 5.32 Å². The van der Waals surface area contributed by atoms with Crippen molar-refractivity contribution in [3.8, 4) is 5.75 Å². The molecule has 0 radical (unpaired) electrons. The summed E-state index contributed by atoms with van der Waals surface area (Å²) in [6.07, 6.45) is 0.595. The molecule has 0 aliphatic rings. The van der Waals surface area contributed by atoms with Gasteiger partial charge in [-0.15, -0.1) is 0 Å². The second-order valence-corrected chi connectivity index (χ2v) is 6.57. The van der Waals surface area contributed by atoms with E-state index in [0.29, 0.717) is 23.7 Å². The van der Waals surface area contributed by atoms with Crippen molar-refractivity contribution < 1.29 is 14.6 Å². The van der Waals surface area contributed by atoms with Gasteiger partial charge in [0.25, 0.3) is 5.91 Å². The van der Waals surface area contributed by atoms with Crippen LogP contribution in [0.5, 0.6) is 5.75 Å². The SMILES string of the molecule is COc1c(Cl)cc(C(=O)NCC(C)(O)CC(C)C)cc1Cl. The molecule has 0 aliphatic carbocycles. The van der Waals surface area contributed by atoms with Crippen LogP contribution >= 0.6 is 23.2 Å². The third kappa shape index (κ3) is 5.38. The van der Waals surface area contributed by atoms with Gasteiger partial charge in [-0.25, -0.2) is 0 Å². The van der Waals surface area contributed by atoms with E-state index in [4.69, 9.17) is 27.9 Å². The van der Waals surface area contributed by atoms with Gasteiger partial charge in [-0.05, 0) is 31.4 Å². The number of methoxy groups -OCH3 is 1. The molecular formula is C15H21Cl2NO3. The molecular weight excluding hydrogens is 313 g/mol. The number of benzene rings is 1. The highest BCUT2D eigenvalue weighted by Gasteiger charge is 2.23. The second-order valence-electron chi connectivity index (χ2n) is 5.75. The summed E-state index contributed by atoms with van der Waals surface area (Å²) in [5.41, 5.74) is -0.629. The zero-order valence-corrected chi connectivity index (χ0v) is 14.2. The van der Waals surface area contributed by atoms with Crippen LogP contribution in [0.1, 0.15) is 37.6 Å². The standard InChI is InChI=1S/C15H21Cl2NO3/c1-9(2)7-15(3,20)8-18-14(19)10-5-11(16)13(21-4)12(17)6-10/h5-6,9,20H,7-8H2,1-4H3,(H,18,19). The molecule has 0 saturated carbocycles. The number of rotatable bonds is 6. The Bertz CT molecular complexity index is 493. The summed E-state index contributed by atoms with van der Waals surface area (Å²) in [4.78, 5) is 12.1. The second kappa shape index (κ2) is 7.34. The van der Waals surface area contributed by atoms with Crippen LogP contribution in [0.3, 0.4) is 0 Å². The molecule has 1 unspecified atom stereocenters. The summed E-state index contributed by atoms with van der Waals surface area (Å²) in [6, 6.07) is 2.97. The summed E-state index contributed by atoms with van der Waals surface area (Å²) in [7, 11) is 1.45. The molecule has 0 aromatic heterocycles. The fourth-order valence-corrected chi connectivity index (χ4v) is 2.85. The summed E-state index contributed by atoms with van der Waals surface area (Å²) in [6.45, 7) is 5.88. The lowest BCUT2D eigenvalue weighted by Crippen LogP contribution is -2.41. The van der Waals surface area contributed by atoms with Gasteiger partial charge in [0.05, 0.1) is 22.8 Å². The van der Waals surface area contributed by atoms with Gasteiger partial charge in [-0.2, -0.15) is 0 Å². The molecule has 1 atom stereocenters. The Kier molecular flexibility index (Phi) is 6.32. The third-order valence-corrected chi connectivity index (χ3v) is 3.50. The number of hydrogen-bond acceptors (Lipinski definition) is 3. The molecule has 0 bridgehead atoms. The Balaban J connectivity index is 2.77. The molecule has 6 heteroatoms. The molecule has 0 fully saturated rings. The molecule has 0 heterocycles. The summed E-state index contributed by atoms with van der Waals surface area (Å²) < 4.78 is 5.03. The number of amides is 1. The smallest absolute Gasteiger partial charge is 0.251 e. The maximum Gasteiger partial charge on any atom is 0.251 e. The quantitative estimate of drug-likeness (QED) is 0.837. The number of aliphatic hydroxyl groups is 1. The number of halogens is 2. The highest BCUT2D eigenvalue weighted by Crippen LogP contribution is 2.33. The van der Waals surface area contributed by atoms with E-state index in [1.54, 1.807) is 6.92 Å². The molecule has 1 amide bonds. The Morgan fingerprint density at radius 3 is 2.33 bits per heavy atom. The van der Waals surface area contributed by atoms with Crippen LogP contribution in [-0.4, -0.2) is 30.3 Å². The highest BCUT2D eigenvalue weighted by molar-refractivity contribution is 6.37. The average molecular weight is 334 g/mol. The van der Waals surface area contributed by atoms with Crippen LogP contribution in [0.15, 0.2) is 12.1 Å². The van der Waals surface area contributed by atoms with Gasteiger partial charge in [0.2, 0.25) is 0 Å². The van der Waals surface area contributed by atoms with Gasteiger partial charge in [0.1, 0.15) is 0 Å². The predicted octanol–water partition coefficient (Wildman–Crippen LogP) is 3.53. The first kappa shape index (κ1) is 18.1. The van der Waals surface area contributed by atoms with Crippen molar-refractivity contribution in [2.45, 2.75) is 32.8 Å². The largest absolute Gasteiger partial charge is 0.494 e. The first-order valence-electron chi connectivity index (χ1n) is 6.70. The lowest BCUT2D eigenvalue weighted by atomic mass is 9.94. The van der Waals surface area contributed by atoms with E-state index < -0.39 is 5.60 Å². The van der Waals surface area contributed by atoms with E-state index in [-0.39, 0.29) is 22.5 Å². The Morgan fingerprint density at radius 1 is 1.38 bits per heavy atom. The lowest BCUT2D eigenvalue weighted by molar-refractivity contribution is 0.0368. The van der Waals surface area contributed by atoms with Crippen LogP contribution in [0.4, 0.5) is 0 Å². The summed E-state index contributed by atoms with van der Waals surface area (Å²) in [5.74, 6) is 0.328. The molecule has 1 aromatic rings. The molecule has 118 valence electrons. The van der Waals surface area contributed by atoms with Gasteiger partial charge in [0.15, 0.2) is 5.75 Å². The molecule has 0 spiro atoms. The Hall–Kier alpha value is -0.970. The number of carbonyl (C=O) groups is 1. The minimum absolute atomic E-state index is 0.158. The molecule has 2 N–H and O–H groups in total. The van der Waals surface area contributed by atoms with Crippen molar-refractivity contribution in [2.24, 2.45) is 5.92 Å². The maximum atomic E-state index is 12.1. The van der Waals surface area contributed by atoms with E-state index >= 15 is 0 Å². The van der Waals surface area contributed by atoms with Crippen LogP contribution in [0.2, 0.25) is 10.0 Å². The molecule has 0 saturated heterocycles. The topological polar surface area (TPSA) is 58.6 Å². The minimum Gasteiger partial charge on any atom is -0.494 e. The van der Waals surface area contributed by atoms with Gasteiger partial charge in [-0.3, -0.25) is 4.79 Å². The van der Waals surface area contributed by atoms with E-state index in [9.17, 15) is 9.90 Å². The molecule has 1 rings (SSSR count). The van der Waals surface area contributed by atoms with Crippen molar-refractivity contribution >= 4 is 29.1 Å². The Morgan fingerprint density at radius 2 is 1.90 bits per heavy atom. The van der Waals surface area contributed by atoms with Gasteiger partial charge in [0, 0.05) is 12.1 Å². The normalized spacial score (nSPS) is 13.9. The highest BCUT2D eigenvalue weighted by atomic mass is 35.5. The summed E-state index contributed by atoms with van der Waals surface area (Å²) in [5, 5.41) is 13.4. The number of hydrogen-bond donors (Lipinski definition) is 2. The monoisotopic (exact) mass is 333 g/mol. The van der Waals surface area contributed by atoms with Crippen molar-refractivity contribution in [3.05, 3.63) is 27.7 Å². The zero-order chi connectivity index (χ0) is 16.2. The van der Waals surface area contributed by atoms with Crippen molar-refractivity contribution in [3.63, 3.8) is 0 Å². The number of ether oxygens (including phenoxy) is 1. The van der Waals surface area contributed by atoms with Crippen molar-refractivity contribution in [1.29, 1.82) is 0 Å². The van der Waals surface area contributed by atoms with Gasteiger partial charge in [-0.1, -0.05) is 37.0 Å². The van der Waals surface area contributed by atoms with Crippen LogP contribution in [-0.2, 0) is 0 Å². The predicted molar refractivity (Wildman–Crippen MR) is 85.4 cm³/mol. The summed E-state index contributed by atoms with van der Waals surface area (Å²) >= 11 is 12.0. The Labute approximate surface area is 135 Å². The lowest BCUT2D eigenvalue weighted by Gasteiger charge is -2.25. The van der Waals surface area contributed by atoms with E-state index in [1.807, 2.05) is 13.8 Å². The molecule has 4 nitrogen and oxygen atoms in total. The number of carbonyl (C=O) groups excluding carboxylic acids is 1. The van der Waals surface area contributed by atoms with Gasteiger partial charge < -0.3 is 15.2 Å². The fraction of sp³-hybridized carbons (Fsp3) is 0.533. The average Bonchev–Trinajstić information content (AvgIpc) is 2.34. The van der Waals surface area contributed by atoms with Crippen LogP contribution < -0.4 is 10.1 Å². The first-order valence-corrected chi connectivity index (χ1v) is 7.45. The molecule has 0 aliphatic heterocycles. The molecule has 1 aromatic carbocycles. The van der Waals surface area contributed by atoms with Crippen molar-refractivity contribution in [2.75, 3.05) is 13.7 Å². The van der Waals surface area contributed by atoms with E-state index in [1.165, 1.54) is 19.2 Å². The minimum atomic E-state index is -0.954. The van der Waals surface area contributed by atoms with Crippen molar-refractivity contribution in [1.82, 2.24) is 5.32 Å². The van der Waals surface area contributed by atoms with Crippen LogP contribution in [0.25, 0.3) is 0 Å². The van der Waals surface area contributed by atoms with E-state index in [0.717, 1.165) is 0 Å². The molecule has 21 heavy (non-hydrogen) atoms. The first-order chi connectivity index (χ1) is 9.66. The number of nitrogens with one attached hydrogen (secondary N) is 1. The van der Waals surface area contributed by atoms with Crippen LogP contribution in [0, 0.1) is 5.92 Å². The maximum absolute atomic E-state index is 12.1. The fourth-order valence-electron chi connectivity index (χ4n) is 2.21. The van der Waals surface area contributed by atoms with Gasteiger partial charge >= 0.3 is 0 Å². The third-order valence-electron chi connectivity index (χ3n) is 2.94. The zero-order valence-electron chi connectivity index (χ0n) is 12.7.